The van der Waals surface area contributed by atoms with Crippen LogP contribution in [0.4, 0.5) is 0 Å². The molecular weight excluding hydrogens is 164 g/mol. The highest BCUT2D eigenvalue weighted by Crippen LogP contribution is 2.22. The molecule has 2 fully saturated rings. The fourth-order valence-electron chi connectivity index (χ4n) is 2.51. The molecule has 2 rings (SSSR count). The van der Waals surface area contributed by atoms with Gasteiger partial charge in [0.05, 0.1) is 39.3 Å². The number of hydrogen-bond acceptors (Lipinski definition) is 2. The Morgan fingerprint density at radius 1 is 1.62 bits per heavy atom. The molecular formula is C10H19N2O+. The topological polar surface area (TPSA) is 20.3 Å². The van der Waals surface area contributed by atoms with Crippen molar-refractivity contribution in [3.63, 3.8) is 0 Å². The standard InChI is InChI=1S/C10H19N2O/c1-3-12(2)5-4-11-7-10(13)6-9(11)8-12/h9H,3-8H2,1-2H3/q+1. The van der Waals surface area contributed by atoms with Crippen LogP contribution in [0.15, 0.2) is 0 Å². The van der Waals surface area contributed by atoms with E-state index in [4.69, 9.17) is 0 Å². The molecule has 0 aromatic rings. The second kappa shape index (κ2) is 3.07. The summed E-state index contributed by atoms with van der Waals surface area (Å²) in [6.07, 6.45) is 0.799. The minimum atomic E-state index is 0.439. The van der Waals surface area contributed by atoms with Gasteiger partial charge in [-0.1, -0.05) is 0 Å². The van der Waals surface area contributed by atoms with E-state index in [1.165, 1.54) is 19.6 Å². The van der Waals surface area contributed by atoms with Crippen molar-refractivity contribution >= 4 is 5.78 Å². The lowest BCUT2D eigenvalue weighted by atomic mass is 10.1. The molecule has 0 aromatic heterocycles. The second-order valence-electron chi connectivity index (χ2n) is 4.71. The van der Waals surface area contributed by atoms with Crippen LogP contribution < -0.4 is 0 Å². The van der Waals surface area contributed by atoms with Crippen molar-refractivity contribution in [3.8, 4) is 0 Å². The highest BCUT2D eigenvalue weighted by atomic mass is 16.1. The average Bonchev–Trinajstić information content (AvgIpc) is 2.44. The van der Waals surface area contributed by atoms with Crippen LogP contribution in [0.25, 0.3) is 0 Å². The number of quaternary nitrogens is 1. The number of ketones is 1. The predicted molar refractivity (Wildman–Crippen MR) is 51.4 cm³/mol. The first-order chi connectivity index (χ1) is 6.13. The van der Waals surface area contributed by atoms with Crippen LogP contribution in [0.2, 0.25) is 0 Å². The lowest BCUT2D eigenvalue weighted by molar-refractivity contribution is -0.914. The van der Waals surface area contributed by atoms with Crippen molar-refractivity contribution in [2.45, 2.75) is 19.4 Å². The molecule has 2 atom stereocenters. The molecule has 0 saturated carbocycles. The van der Waals surface area contributed by atoms with Gasteiger partial charge >= 0.3 is 0 Å². The molecule has 0 spiro atoms. The van der Waals surface area contributed by atoms with Gasteiger partial charge in [-0.2, -0.15) is 0 Å². The zero-order chi connectivity index (χ0) is 9.47. The van der Waals surface area contributed by atoms with E-state index in [0.29, 0.717) is 18.4 Å². The molecule has 0 radical (unpaired) electrons. The first kappa shape index (κ1) is 9.16. The molecule has 0 amide bonds. The number of likely N-dealkylation sites (N-methyl/N-ethyl adjacent to an activating group) is 1. The summed E-state index contributed by atoms with van der Waals surface area (Å²) in [5.41, 5.74) is 0. The van der Waals surface area contributed by atoms with Crippen molar-refractivity contribution in [1.82, 2.24) is 4.90 Å². The third kappa shape index (κ3) is 1.63. The molecule has 0 aliphatic carbocycles. The fraction of sp³-hybridized carbons (Fsp3) is 0.900. The maximum absolute atomic E-state index is 11.3. The molecule has 0 N–H and O–H groups in total. The van der Waals surface area contributed by atoms with Gasteiger partial charge in [0, 0.05) is 13.0 Å². The fourth-order valence-corrected chi connectivity index (χ4v) is 2.51. The highest BCUT2D eigenvalue weighted by Gasteiger charge is 2.40. The van der Waals surface area contributed by atoms with Gasteiger partial charge in [-0.3, -0.25) is 9.69 Å². The van der Waals surface area contributed by atoms with E-state index in [1.54, 1.807) is 0 Å². The van der Waals surface area contributed by atoms with Gasteiger partial charge < -0.3 is 4.48 Å². The normalized spacial score (nSPS) is 40.8. The molecule has 2 saturated heterocycles. The van der Waals surface area contributed by atoms with Gasteiger partial charge in [-0.25, -0.2) is 0 Å². The van der Waals surface area contributed by atoms with E-state index in [-0.39, 0.29) is 0 Å². The zero-order valence-corrected chi connectivity index (χ0v) is 8.62. The monoisotopic (exact) mass is 183 g/mol. The summed E-state index contributed by atoms with van der Waals surface area (Å²) < 4.78 is 1.15. The van der Waals surface area contributed by atoms with Crippen molar-refractivity contribution in [1.29, 1.82) is 0 Å². The molecule has 2 aliphatic rings. The van der Waals surface area contributed by atoms with E-state index in [2.05, 4.69) is 18.9 Å². The molecule has 3 heteroatoms. The van der Waals surface area contributed by atoms with Crippen LogP contribution in [0.5, 0.6) is 0 Å². The summed E-state index contributed by atoms with van der Waals surface area (Å²) >= 11 is 0. The van der Waals surface area contributed by atoms with E-state index in [9.17, 15) is 4.79 Å². The van der Waals surface area contributed by atoms with E-state index >= 15 is 0 Å². The van der Waals surface area contributed by atoms with Crippen LogP contribution >= 0.6 is 0 Å². The quantitative estimate of drug-likeness (QED) is 0.538. The lowest BCUT2D eigenvalue weighted by Crippen LogP contribution is -2.59. The van der Waals surface area contributed by atoms with Crippen LogP contribution in [-0.2, 0) is 4.79 Å². The van der Waals surface area contributed by atoms with Crippen molar-refractivity contribution in [2.75, 3.05) is 39.8 Å². The second-order valence-corrected chi connectivity index (χ2v) is 4.71. The average molecular weight is 183 g/mol. The smallest absolute Gasteiger partial charge is 0.148 e. The number of fused-ring (bicyclic) bond motifs is 1. The first-order valence-corrected chi connectivity index (χ1v) is 5.22. The number of piperazine rings is 1. The Morgan fingerprint density at radius 2 is 2.38 bits per heavy atom. The number of nitrogens with zero attached hydrogens (tertiary/aromatic N) is 2. The van der Waals surface area contributed by atoms with E-state index in [0.717, 1.165) is 17.4 Å². The van der Waals surface area contributed by atoms with Gasteiger partial charge in [0.1, 0.15) is 5.78 Å². The van der Waals surface area contributed by atoms with Crippen molar-refractivity contribution < 1.29 is 9.28 Å². The number of hydrogen-bond donors (Lipinski definition) is 0. The van der Waals surface area contributed by atoms with Crippen molar-refractivity contribution in [2.24, 2.45) is 0 Å². The summed E-state index contributed by atoms with van der Waals surface area (Å²) in [6, 6.07) is 0.547. The predicted octanol–water partition coefficient (Wildman–Crippen LogP) is 0.110. The highest BCUT2D eigenvalue weighted by molar-refractivity contribution is 5.83. The zero-order valence-electron chi connectivity index (χ0n) is 8.62. The van der Waals surface area contributed by atoms with Gasteiger partial charge in [0.25, 0.3) is 0 Å². The SMILES string of the molecule is CC[N+]1(C)CCN2CC(=O)CC2C1. The molecule has 74 valence electrons. The molecule has 2 aliphatic heterocycles. The maximum Gasteiger partial charge on any atom is 0.148 e. The maximum atomic E-state index is 11.3. The van der Waals surface area contributed by atoms with Crippen LogP contribution in [0.3, 0.4) is 0 Å². The first-order valence-electron chi connectivity index (χ1n) is 5.22. The van der Waals surface area contributed by atoms with Crippen LogP contribution in [0.1, 0.15) is 13.3 Å². The Labute approximate surface area is 79.9 Å². The van der Waals surface area contributed by atoms with E-state index < -0.39 is 0 Å². The van der Waals surface area contributed by atoms with Gasteiger partial charge in [-0.05, 0) is 6.92 Å². The Kier molecular flexibility index (Phi) is 2.16. The van der Waals surface area contributed by atoms with E-state index in [1.807, 2.05) is 0 Å². The summed E-state index contributed by atoms with van der Waals surface area (Å²) in [6.45, 7) is 7.64. The molecule has 0 aromatic carbocycles. The molecule has 2 unspecified atom stereocenters. The molecule has 0 bridgehead atoms. The van der Waals surface area contributed by atoms with Gasteiger partial charge in [-0.15, -0.1) is 0 Å². The lowest BCUT2D eigenvalue weighted by Gasteiger charge is -2.43. The van der Waals surface area contributed by atoms with Crippen molar-refractivity contribution in [3.05, 3.63) is 0 Å². The van der Waals surface area contributed by atoms with Crippen LogP contribution in [0, 0.1) is 0 Å². The Morgan fingerprint density at radius 3 is 3.08 bits per heavy atom. The number of carbonyl (C=O) groups excluding carboxylic acids is 1. The Hall–Kier alpha value is -0.410. The third-order valence-electron chi connectivity index (χ3n) is 3.70. The Bertz CT molecular complexity index is 229. The molecule has 2 heterocycles. The summed E-state index contributed by atoms with van der Waals surface area (Å²) in [5, 5.41) is 0. The largest absolute Gasteiger partial charge is 0.324 e. The van der Waals surface area contributed by atoms with Gasteiger partial charge in [0.2, 0.25) is 0 Å². The number of Topliss-reactive ketones (excluding diaryl/α,β-unsaturated/α-hetero) is 1. The van der Waals surface area contributed by atoms with Crippen LogP contribution in [-0.4, -0.2) is 61.0 Å². The minimum absolute atomic E-state index is 0.439. The summed E-state index contributed by atoms with van der Waals surface area (Å²) in [4.78, 5) is 13.6. The number of carbonyl (C=O) groups is 1. The Balaban J connectivity index is 2.05. The van der Waals surface area contributed by atoms with Gasteiger partial charge in [0.15, 0.2) is 0 Å². The molecule has 13 heavy (non-hydrogen) atoms. The third-order valence-corrected chi connectivity index (χ3v) is 3.70. The summed E-state index contributed by atoms with van der Waals surface area (Å²) in [7, 11) is 2.31. The minimum Gasteiger partial charge on any atom is -0.324 e. The molecule has 3 nitrogen and oxygen atoms in total. The summed E-state index contributed by atoms with van der Waals surface area (Å²) in [5.74, 6) is 0.439. The number of rotatable bonds is 1.